The molecule has 0 amide bonds. The van der Waals surface area contributed by atoms with Gasteiger partial charge in [-0.1, -0.05) is 35.4 Å². The normalized spacial score (nSPS) is 27.5. The zero-order chi connectivity index (χ0) is 12.8. The molecule has 5 nitrogen and oxygen atoms in total. The number of aliphatic hydroxyl groups is 1. The number of ether oxygens (including phenoxy) is 1. The van der Waals surface area contributed by atoms with Gasteiger partial charge >= 0.3 is 0 Å². The number of benzene rings is 1. The van der Waals surface area contributed by atoms with Gasteiger partial charge in [0.15, 0.2) is 0 Å². The highest BCUT2D eigenvalue weighted by Gasteiger charge is 2.28. The van der Waals surface area contributed by atoms with Crippen molar-refractivity contribution in [3.05, 3.63) is 46.3 Å². The molecule has 0 radical (unpaired) electrons. The second-order valence-electron chi connectivity index (χ2n) is 4.57. The van der Waals surface area contributed by atoms with Crippen LogP contribution in [0.4, 0.5) is 0 Å². The lowest BCUT2D eigenvalue weighted by Gasteiger charge is -2.30. The van der Waals surface area contributed by atoms with E-state index in [0.717, 1.165) is 12.0 Å². The van der Waals surface area contributed by atoms with Crippen LogP contribution in [0.1, 0.15) is 24.8 Å². The Kier molecular flexibility index (Phi) is 4.59. The Morgan fingerprint density at radius 2 is 2.11 bits per heavy atom. The Morgan fingerprint density at radius 3 is 2.83 bits per heavy atom. The third-order valence-corrected chi connectivity index (χ3v) is 3.26. The fraction of sp³-hybridized carbons (Fsp3) is 0.538. The molecule has 1 aromatic carbocycles. The van der Waals surface area contributed by atoms with Crippen molar-refractivity contribution in [2.75, 3.05) is 0 Å². The SMILES string of the molecule is [N-]=[N+]=N[C@@H]1C[C@@H](OCc2ccccc2)CC[C@H]1O. The van der Waals surface area contributed by atoms with Crippen molar-refractivity contribution in [1.29, 1.82) is 0 Å². The van der Waals surface area contributed by atoms with Gasteiger partial charge in [0.1, 0.15) is 0 Å². The maximum Gasteiger partial charge on any atom is 0.0720 e. The van der Waals surface area contributed by atoms with Gasteiger partial charge in [0.25, 0.3) is 0 Å². The molecule has 0 heterocycles. The van der Waals surface area contributed by atoms with Crippen molar-refractivity contribution in [1.82, 2.24) is 0 Å². The summed E-state index contributed by atoms with van der Waals surface area (Å²) in [7, 11) is 0. The number of azide groups is 1. The summed E-state index contributed by atoms with van der Waals surface area (Å²) in [6.07, 6.45) is 1.56. The zero-order valence-electron chi connectivity index (χ0n) is 10.1. The quantitative estimate of drug-likeness (QED) is 0.504. The van der Waals surface area contributed by atoms with Crippen LogP contribution in [-0.2, 0) is 11.3 Å². The second-order valence-corrected chi connectivity index (χ2v) is 4.57. The van der Waals surface area contributed by atoms with E-state index in [0.29, 0.717) is 19.4 Å². The predicted molar refractivity (Wildman–Crippen MR) is 67.8 cm³/mol. The summed E-state index contributed by atoms with van der Waals surface area (Å²) in [5.41, 5.74) is 9.57. The summed E-state index contributed by atoms with van der Waals surface area (Å²) in [4.78, 5) is 2.77. The maximum absolute atomic E-state index is 9.68. The minimum absolute atomic E-state index is 0.0594. The molecule has 2 rings (SSSR count). The maximum atomic E-state index is 9.68. The Balaban J connectivity index is 1.85. The van der Waals surface area contributed by atoms with Crippen molar-refractivity contribution in [3.63, 3.8) is 0 Å². The molecular formula is C13H17N3O2. The van der Waals surface area contributed by atoms with Gasteiger partial charge in [0.05, 0.1) is 24.9 Å². The van der Waals surface area contributed by atoms with E-state index in [-0.39, 0.29) is 12.1 Å². The van der Waals surface area contributed by atoms with E-state index in [4.69, 9.17) is 10.3 Å². The van der Waals surface area contributed by atoms with E-state index in [1.807, 2.05) is 30.3 Å². The van der Waals surface area contributed by atoms with E-state index >= 15 is 0 Å². The summed E-state index contributed by atoms with van der Waals surface area (Å²) < 4.78 is 5.80. The molecule has 0 aromatic heterocycles. The average Bonchev–Trinajstić information content (AvgIpc) is 2.41. The molecular weight excluding hydrogens is 230 g/mol. The van der Waals surface area contributed by atoms with Gasteiger partial charge in [0.2, 0.25) is 0 Å². The number of rotatable bonds is 4. The average molecular weight is 247 g/mol. The van der Waals surface area contributed by atoms with Gasteiger partial charge in [-0.25, -0.2) is 0 Å². The summed E-state index contributed by atoms with van der Waals surface area (Å²) >= 11 is 0. The molecule has 3 atom stereocenters. The molecule has 1 saturated carbocycles. The summed E-state index contributed by atoms with van der Waals surface area (Å²) in [6.45, 7) is 0.560. The van der Waals surface area contributed by atoms with E-state index in [1.54, 1.807) is 0 Å². The van der Waals surface area contributed by atoms with Gasteiger partial charge in [-0.2, -0.15) is 0 Å². The molecule has 18 heavy (non-hydrogen) atoms. The van der Waals surface area contributed by atoms with Crippen LogP contribution in [-0.4, -0.2) is 23.4 Å². The number of aliphatic hydroxyl groups excluding tert-OH is 1. The molecule has 1 N–H and O–H groups in total. The van der Waals surface area contributed by atoms with E-state index in [1.165, 1.54) is 0 Å². The molecule has 1 aromatic rings. The molecule has 1 fully saturated rings. The molecule has 96 valence electrons. The highest BCUT2D eigenvalue weighted by Crippen LogP contribution is 2.25. The van der Waals surface area contributed by atoms with Crippen LogP contribution in [0.3, 0.4) is 0 Å². The van der Waals surface area contributed by atoms with E-state index in [9.17, 15) is 5.11 Å². The molecule has 0 unspecified atom stereocenters. The Morgan fingerprint density at radius 1 is 1.33 bits per heavy atom. The lowest BCUT2D eigenvalue weighted by molar-refractivity contribution is -0.0207. The first-order chi connectivity index (χ1) is 8.79. The van der Waals surface area contributed by atoms with Crippen molar-refractivity contribution >= 4 is 0 Å². The predicted octanol–water partition coefficient (Wildman–Crippen LogP) is 2.80. The minimum atomic E-state index is -0.530. The lowest BCUT2D eigenvalue weighted by atomic mass is 9.91. The third kappa shape index (κ3) is 3.47. The van der Waals surface area contributed by atoms with Crippen LogP contribution in [0, 0.1) is 0 Å². The van der Waals surface area contributed by atoms with Gasteiger partial charge in [-0.05, 0) is 30.4 Å². The Bertz CT molecular complexity index is 418. The van der Waals surface area contributed by atoms with Crippen LogP contribution in [0.2, 0.25) is 0 Å². The molecule has 0 saturated heterocycles. The van der Waals surface area contributed by atoms with Crippen LogP contribution in [0.25, 0.3) is 10.4 Å². The molecule has 5 heteroatoms. The van der Waals surface area contributed by atoms with Crippen molar-refractivity contribution < 1.29 is 9.84 Å². The molecule has 1 aliphatic carbocycles. The summed E-state index contributed by atoms with van der Waals surface area (Å²) in [6, 6.07) is 9.60. The standard InChI is InChI=1S/C13H17N3O2/c14-16-15-12-8-11(6-7-13(12)17)18-9-10-4-2-1-3-5-10/h1-5,11-13,17H,6-9H2/t11-,12+,13+/m0/s1. The van der Waals surface area contributed by atoms with E-state index in [2.05, 4.69) is 10.0 Å². The van der Waals surface area contributed by atoms with Crippen molar-refractivity contribution in [2.24, 2.45) is 5.11 Å². The largest absolute Gasteiger partial charge is 0.393 e. The van der Waals surface area contributed by atoms with Gasteiger partial charge in [0, 0.05) is 4.91 Å². The van der Waals surface area contributed by atoms with Crippen LogP contribution >= 0.6 is 0 Å². The third-order valence-electron chi connectivity index (χ3n) is 3.26. The van der Waals surface area contributed by atoms with Crippen LogP contribution < -0.4 is 0 Å². The van der Waals surface area contributed by atoms with Gasteiger partial charge in [-0.3, -0.25) is 0 Å². The first kappa shape index (κ1) is 12.9. The summed E-state index contributed by atoms with van der Waals surface area (Å²) in [5.74, 6) is 0. The zero-order valence-corrected chi connectivity index (χ0v) is 10.1. The lowest BCUT2D eigenvalue weighted by Crippen LogP contribution is -2.35. The first-order valence-corrected chi connectivity index (χ1v) is 6.17. The molecule has 0 bridgehead atoms. The van der Waals surface area contributed by atoms with Crippen molar-refractivity contribution in [2.45, 2.75) is 44.1 Å². The molecule has 1 aliphatic rings. The number of nitrogens with zero attached hydrogens (tertiary/aromatic N) is 3. The molecule has 0 spiro atoms. The summed E-state index contributed by atoms with van der Waals surface area (Å²) in [5, 5.41) is 13.3. The fourth-order valence-corrected chi connectivity index (χ4v) is 2.22. The monoisotopic (exact) mass is 247 g/mol. The van der Waals surface area contributed by atoms with Gasteiger partial charge < -0.3 is 9.84 Å². The Labute approximate surface area is 106 Å². The Hall–Kier alpha value is -1.55. The smallest absolute Gasteiger partial charge is 0.0720 e. The molecule has 0 aliphatic heterocycles. The topological polar surface area (TPSA) is 78.2 Å². The second kappa shape index (κ2) is 6.40. The number of hydrogen-bond donors (Lipinski definition) is 1. The minimum Gasteiger partial charge on any atom is -0.393 e. The first-order valence-electron chi connectivity index (χ1n) is 6.17. The van der Waals surface area contributed by atoms with Crippen molar-refractivity contribution in [3.8, 4) is 0 Å². The highest BCUT2D eigenvalue weighted by molar-refractivity contribution is 5.13. The fourth-order valence-electron chi connectivity index (χ4n) is 2.22. The van der Waals surface area contributed by atoms with E-state index < -0.39 is 6.10 Å². The highest BCUT2D eigenvalue weighted by atomic mass is 16.5. The van der Waals surface area contributed by atoms with Gasteiger partial charge in [-0.15, -0.1) is 0 Å². The number of hydrogen-bond acceptors (Lipinski definition) is 3. The van der Waals surface area contributed by atoms with Crippen LogP contribution in [0.15, 0.2) is 35.4 Å². The van der Waals surface area contributed by atoms with Crippen LogP contribution in [0.5, 0.6) is 0 Å².